The van der Waals surface area contributed by atoms with Crippen LogP contribution in [0.3, 0.4) is 0 Å². The van der Waals surface area contributed by atoms with E-state index >= 15 is 0 Å². The average molecular weight is 371 g/mol. The molecule has 3 rings (SSSR count). The first-order valence-corrected chi connectivity index (χ1v) is 9.33. The summed E-state index contributed by atoms with van der Waals surface area (Å²) in [7, 11) is 0. The van der Waals surface area contributed by atoms with Crippen molar-refractivity contribution in [2.75, 3.05) is 0 Å². The zero-order valence-electron chi connectivity index (χ0n) is 13.4. The van der Waals surface area contributed by atoms with Gasteiger partial charge < -0.3 is 0 Å². The zero-order valence-corrected chi connectivity index (χ0v) is 15.0. The van der Waals surface area contributed by atoms with Gasteiger partial charge in [0.25, 0.3) is 0 Å². The maximum Gasteiger partial charge on any atom is 0.146 e. The minimum Gasteiger partial charge on any atom is -0.298 e. The molecular weight excluding hydrogens is 348 g/mol. The summed E-state index contributed by atoms with van der Waals surface area (Å²) in [5.74, 6) is 0.369. The van der Waals surface area contributed by atoms with Crippen molar-refractivity contribution in [1.82, 2.24) is 0 Å². The standard InChI is InChI=1S/C21H23BrO/c22-19-11-13-21(14-12-20(19)23,15-17-7-3-1-4-8-17)16-18-9-5-2-6-10-18/h1-10,19H,11-16H2. The minimum absolute atomic E-state index is 0.0379. The van der Waals surface area contributed by atoms with Crippen LogP contribution in [0.25, 0.3) is 0 Å². The molecule has 1 aliphatic rings. The Hall–Kier alpha value is -1.41. The molecule has 1 atom stereocenters. The van der Waals surface area contributed by atoms with Crippen LogP contribution in [0.1, 0.15) is 36.8 Å². The number of carbonyl (C=O) groups excluding carboxylic acids is 1. The van der Waals surface area contributed by atoms with Crippen molar-refractivity contribution in [3.63, 3.8) is 0 Å². The van der Waals surface area contributed by atoms with Gasteiger partial charge in [-0.3, -0.25) is 4.79 Å². The van der Waals surface area contributed by atoms with E-state index < -0.39 is 0 Å². The number of benzene rings is 2. The molecule has 23 heavy (non-hydrogen) atoms. The Bertz CT molecular complexity index is 594. The van der Waals surface area contributed by atoms with Gasteiger partial charge in [-0.1, -0.05) is 76.6 Å². The molecule has 0 aromatic heterocycles. The van der Waals surface area contributed by atoms with Gasteiger partial charge in [0.15, 0.2) is 0 Å². The summed E-state index contributed by atoms with van der Waals surface area (Å²) in [4.78, 5) is 12.2. The summed E-state index contributed by atoms with van der Waals surface area (Å²) >= 11 is 3.58. The molecule has 1 unspecified atom stereocenters. The fraction of sp³-hybridized carbons (Fsp3) is 0.381. The normalized spacial score (nSPS) is 20.9. The Kier molecular flexibility index (Phi) is 5.32. The Balaban J connectivity index is 1.87. The number of rotatable bonds is 4. The van der Waals surface area contributed by atoms with Crippen LogP contribution in [0.5, 0.6) is 0 Å². The molecule has 0 spiro atoms. The lowest BCUT2D eigenvalue weighted by atomic mass is 9.71. The Morgan fingerprint density at radius 2 is 1.39 bits per heavy atom. The zero-order chi connectivity index (χ0) is 16.1. The molecule has 0 N–H and O–H groups in total. The topological polar surface area (TPSA) is 17.1 Å². The van der Waals surface area contributed by atoms with E-state index in [2.05, 4.69) is 76.6 Å². The molecule has 1 aliphatic carbocycles. The summed E-state index contributed by atoms with van der Waals surface area (Å²) in [6.07, 6.45) is 5.82. The molecule has 0 aliphatic heterocycles. The number of alkyl halides is 1. The SMILES string of the molecule is O=C1CCC(Cc2ccccc2)(Cc2ccccc2)CCC1Br. The smallest absolute Gasteiger partial charge is 0.146 e. The fourth-order valence-electron chi connectivity index (χ4n) is 3.74. The maximum atomic E-state index is 12.2. The summed E-state index contributed by atoms with van der Waals surface area (Å²) in [6, 6.07) is 21.4. The number of carbonyl (C=O) groups is 1. The van der Waals surface area contributed by atoms with Gasteiger partial charge >= 0.3 is 0 Å². The lowest BCUT2D eigenvalue weighted by Crippen LogP contribution is -2.26. The van der Waals surface area contributed by atoms with Crippen LogP contribution in [-0.2, 0) is 17.6 Å². The van der Waals surface area contributed by atoms with E-state index in [0.717, 1.165) is 32.1 Å². The van der Waals surface area contributed by atoms with Gasteiger partial charge in [0.2, 0.25) is 0 Å². The highest BCUT2D eigenvalue weighted by Gasteiger charge is 2.35. The highest BCUT2D eigenvalue weighted by atomic mass is 79.9. The van der Waals surface area contributed by atoms with Gasteiger partial charge in [0.05, 0.1) is 4.83 Å². The number of hydrogen-bond donors (Lipinski definition) is 0. The molecule has 1 fully saturated rings. The van der Waals surface area contributed by atoms with E-state index in [9.17, 15) is 4.79 Å². The number of Topliss-reactive ketones (excluding diaryl/α,β-unsaturated/α-hetero) is 1. The minimum atomic E-state index is 0.0379. The van der Waals surface area contributed by atoms with Crippen molar-refractivity contribution in [3.05, 3.63) is 71.8 Å². The van der Waals surface area contributed by atoms with Gasteiger partial charge in [-0.05, 0) is 48.6 Å². The third-order valence-electron chi connectivity index (χ3n) is 5.02. The first kappa shape index (κ1) is 16.4. The van der Waals surface area contributed by atoms with Gasteiger partial charge in [-0.15, -0.1) is 0 Å². The molecule has 0 heterocycles. The molecule has 2 aromatic rings. The molecule has 1 saturated carbocycles. The average Bonchev–Trinajstić information content (AvgIpc) is 2.71. The Labute approximate surface area is 147 Å². The monoisotopic (exact) mass is 370 g/mol. The fourth-order valence-corrected chi connectivity index (χ4v) is 4.20. The summed E-state index contributed by atoms with van der Waals surface area (Å²) < 4.78 is 0. The van der Waals surface area contributed by atoms with E-state index in [1.807, 2.05) is 0 Å². The number of hydrogen-bond acceptors (Lipinski definition) is 1. The summed E-state index contributed by atoms with van der Waals surface area (Å²) in [5.41, 5.74) is 2.94. The predicted molar refractivity (Wildman–Crippen MR) is 98.9 cm³/mol. The molecule has 0 saturated heterocycles. The van der Waals surface area contributed by atoms with Crippen LogP contribution < -0.4 is 0 Å². The molecule has 0 amide bonds. The van der Waals surface area contributed by atoms with Gasteiger partial charge in [-0.25, -0.2) is 0 Å². The van der Waals surface area contributed by atoms with E-state index in [0.29, 0.717) is 12.2 Å². The molecule has 0 bridgehead atoms. The van der Waals surface area contributed by atoms with E-state index in [1.165, 1.54) is 11.1 Å². The quantitative estimate of drug-likeness (QED) is 0.522. The van der Waals surface area contributed by atoms with Crippen molar-refractivity contribution in [1.29, 1.82) is 0 Å². The molecule has 2 heteroatoms. The van der Waals surface area contributed by atoms with Crippen molar-refractivity contribution in [2.24, 2.45) is 5.41 Å². The summed E-state index contributed by atoms with van der Waals surface area (Å²) in [5, 5.41) is 0. The highest BCUT2D eigenvalue weighted by Crippen LogP contribution is 2.41. The highest BCUT2D eigenvalue weighted by molar-refractivity contribution is 9.10. The van der Waals surface area contributed by atoms with Crippen LogP contribution in [0.2, 0.25) is 0 Å². The van der Waals surface area contributed by atoms with Crippen molar-refractivity contribution >= 4 is 21.7 Å². The Morgan fingerprint density at radius 3 is 1.91 bits per heavy atom. The van der Waals surface area contributed by atoms with Crippen LogP contribution in [0.15, 0.2) is 60.7 Å². The van der Waals surface area contributed by atoms with Crippen LogP contribution in [0, 0.1) is 5.41 Å². The first-order chi connectivity index (χ1) is 11.2. The van der Waals surface area contributed by atoms with Crippen LogP contribution >= 0.6 is 15.9 Å². The summed E-state index contributed by atoms with van der Waals surface area (Å²) in [6.45, 7) is 0. The van der Waals surface area contributed by atoms with Crippen LogP contribution in [0.4, 0.5) is 0 Å². The largest absolute Gasteiger partial charge is 0.298 e. The van der Waals surface area contributed by atoms with E-state index in [4.69, 9.17) is 0 Å². The van der Waals surface area contributed by atoms with Crippen LogP contribution in [-0.4, -0.2) is 10.6 Å². The second-order valence-corrected chi connectivity index (χ2v) is 7.90. The maximum absolute atomic E-state index is 12.2. The van der Waals surface area contributed by atoms with E-state index in [-0.39, 0.29) is 10.2 Å². The van der Waals surface area contributed by atoms with Crippen molar-refractivity contribution in [2.45, 2.75) is 43.4 Å². The molecule has 120 valence electrons. The van der Waals surface area contributed by atoms with Gasteiger partial charge in [-0.2, -0.15) is 0 Å². The van der Waals surface area contributed by atoms with E-state index in [1.54, 1.807) is 0 Å². The van der Waals surface area contributed by atoms with Crippen molar-refractivity contribution in [3.8, 4) is 0 Å². The Morgan fingerprint density at radius 1 is 0.870 bits per heavy atom. The second-order valence-electron chi connectivity index (χ2n) is 6.80. The predicted octanol–water partition coefficient (Wildman–Crippen LogP) is 5.36. The third-order valence-corrected chi connectivity index (χ3v) is 5.99. The lowest BCUT2D eigenvalue weighted by Gasteiger charge is -2.33. The second kappa shape index (κ2) is 7.44. The molecule has 0 radical (unpaired) electrons. The molecule has 1 nitrogen and oxygen atoms in total. The number of ketones is 1. The molecule has 2 aromatic carbocycles. The van der Waals surface area contributed by atoms with Gasteiger partial charge in [0.1, 0.15) is 5.78 Å². The van der Waals surface area contributed by atoms with Crippen molar-refractivity contribution < 1.29 is 4.79 Å². The molecular formula is C21H23BrO. The first-order valence-electron chi connectivity index (χ1n) is 8.42. The third kappa shape index (κ3) is 4.32. The van der Waals surface area contributed by atoms with Gasteiger partial charge in [0, 0.05) is 6.42 Å². The lowest BCUT2D eigenvalue weighted by molar-refractivity contribution is -0.118. The number of halogens is 1.